The maximum absolute atomic E-state index is 12.6. The summed E-state index contributed by atoms with van der Waals surface area (Å²) in [5.74, 6) is -0.444. The predicted molar refractivity (Wildman–Crippen MR) is 102 cm³/mol. The molecule has 0 saturated carbocycles. The van der Waals surface area contributed by atoms with Crippen molar-refractivity contribution in [2.75, 3.05) is 5.32 Å². The van der Waals surface area contributed by atoms with E-state index in [9.17, 15) is 13.2 Å². The van der Waals surface area contributed by atoms with Gasteiger partial charge in [-0.1, -0.05) is 32.9 Å². The lowest BCUT2D eigenvalue weighted by molar-refractivity contribution is -0.275. The van der Waals surface area contributed by atoms with Crippen molar-refractivity contribution in [3.63, 3.8) is 0 Å². The van der Waals surface area contributed by atoms with Crippen LogP contribution in [0, 0.1) is 0 Å². The van der Waals surface area contributed by atoms with Gasteiger partial charge in [0.25, 0.3) is 0 Å². The van der Waals surface area contributed by atoms with Gasteiger partial charge in [-0.3, -0.25) is 0 Å². The predicted octanol–water partition coefficient (Wildman–Crippen LogP) is 6.27. The summed E-state index contributed by atoms with van der Waals surface area (Å²) in [4.78, 5) is 8.66. The minimum absolute atomic E-state index is 0.0986. The number of alkyl halides is 3. The number of aromatic nitrogens is 2. The molecule has 0 amide bonds. The van der Waals surface area contributed by atoms with E-state index in [4.69, 9.17) is 4.74 Å². The van der Waals surface area contributed by atoms with E-state index in [1.165, 1.54) is 35.7 Å². The molecular formula is C19H18F3N3O2S. The second-order valence-electron chi connectivity index (χ2n) is 6.87. The number of pyridine rings is 1. The maximum Gasteiger partial charge on any atom is 0.573 e. The van der Waals surface area contributed by atoms with Gasteiger partial charge in [0.05, 0.1) is 5.69 Å². The average molecular weight is 409 g/mol. The van der Waals surface area contributed by atoms with Gasteiger partial charge in [0.2, 0.25) is 5.88 Å². The normalized spacial score (nSPS) is 11.9. The van der Waals surface area contributed by atoms with Crippen LogP contribution in [0.5, 0.6) is 17.4 Å². The molecule has 0 unspecified atom stereocenters. The van der Waals surface area contributed by atoms with Crippen molar-refractivity contribution in [2.45, 2.75) is 32.5 Å². The number of thiazole rings is 1. The Labute approximate surface area is 164 Å². The molecule has 0 bridgehead atoms. The molecule has 0 spiro atoms. The standard InChI is InChI=1S/C19H18F3N3O2S/c1-18(2,3)15-11-28-17(25-15)24-12-7-6-10-23-16(12)26-13-8-4-5-9-14(13)27-19(20,21)22/h4-11H,1-3H3,(H,24,25). The summed E-state index contributed by atoms with van der Waals surface area (Å²) in [5.41, 5.74) is 1.30. The van der Waals surface area contributed by atoms with Crippen molar-refractivity contribution in [3.05, 3.63) is 53.7 Å². The molecule has 0 aliphatic rings. The second-order valence-corrected chi connectivity index (χ2v) is 7.72. The first-order valence-corrected chi connectivity index (χ1v) is 9.20. The lowest BCUT2D eigenvalue weighted by Gasteiger charge is -2.15. The van der Waals surface area contributed by atoms with E-state index in [0.29, 0.717) is 10.8 Å². The summed E-state index contributed by atoms with van der Waals surface area (Å²) < 4.78 is 47.5. The van der Waals surface area contributed by atoms with E-state index < -0.39 is 12.1 Å². The van der Waals surface area contributed by atoms with Crippen molar-refractivity contribution in [3.8, 4) is 17.4 Å². The number of hydrogen-bond donors (Lipinski definition) is 1. The zero-order chi connectivity index (χ0) is 20.4. The van der Waals surface area contributed by atoms with E-state index in [0.717, 1.165) is 5.69 Å². The van der Waals surface area contributed by atoms with Crippen molar-refractivity contribution in [1.29, 1.82) is 0 Å². The molecule has 2 aromatic heterocycles. The zero-order valence-electron chi connectivity index (χ0n) is 15.4. The molecule has 1 N–H and O–H groups in total. The summed E-state index contributed by atoms with van der Waals surface area (Å²) in [6.45, 7) is 6.17. The molecule has 2 heterocycles. The largest absolute Gasteiger partial charge is 0.573 e. The molecule has 28 heavy (non-hydrogen) atoms. The first kappa shape index (κ1) is 19.9. The van der Waals surface area contributed by atoms with Crippen LogP contribution in [-0.4, -0.2) is 16.3 Å². The quantitative estimate of drug-likeness (QED) is 0.538. The Morgan fingerprint density at radius 1 is 1.00 bits per heavy atom. The number of rotatable bonds is 5. The summed E-state index contributed by atoms with van der Waals surface area (Å²) in [5, 5.41) is 5.69. The van der Waals surface area contributed by atoms with Gasteiger partial charge in [-0.15, -0.1) is 24.5 Å². The lowest BCUT2D eigenvalue weighted by Crippen LogP contribution is -2.17. The SMILES string of the molecule is CC(C)(C)c1csc(Nc2cccnc2Oc2ccccc2OC(F)(F)F)n1. The van der Waals surface area contributed by atoms with Crippen LogP contribution >= 0.6 is 11.3 Å². The van der Waals surface area contributed by atoms with E-state index in [2.05, 4.69) is 40.8 Å². The molecule has 5 nitrogen and oxygen atoms in total. The molecule has 0 aliphatic heterocycles. The van der Waals surface area contributed by atoms with Crippen LogP contribution in [0.1, 0.15) is 26.5 Å². The fraction of sp³-hybridized carbons (Fsp3) is 0.263. The summed E-state index contributed by atoms with van der Waals surface area (Å²) >= 11 is 1.42. The van der Waals surface area contributed by atoms with Crippen LogP contribution in [-0.2, 0) is 5.41 Å². The lowest BCUT2D eigenvalue weighted by atomic mass is 9.93. The number of anilines is 2. The van der Waals surface area contributed by atoms with Crippen LogP contribution in [0.3, 0.4) is 0 Å². The first-order chi connectivity index (χ1) is 13.1. The Morgan fingerprint density at radius 3 is 2.36 bits per heavy atom. The van der Waals surface area contributed by atoms with Crippen molar-refractivity contribution in [1.82, 2.24) is 9.97 Å². The number of nitrogens with one attached hydrogen (secondary N) is 1. The Hall–Kier alpha value is -2.81. The zero-order valence-corrected chi connectivity index (χ0v) is 16.2. The Balaban J connectivity index is 1.85. The molecule has 1 aromatic carbocycles. The molecule has 9 heteroatoms. The minimum Gasteiger partial charge on any atom is -0.433 e. The third-order valence-corrected chi connectivity index (χ3v) is 4.32. The topological polar surface area (TPSA) is 56.3 Å². The van der Waals surface area contributed by atoms with Crippen molar-refractivity contribution >= 4 is 22.2 Å². The highest BCUT2D eigenvalue weighted by atomic mass is 32.1. The highest BCUT2D eigenvalue weighted by Gasteiger charge is 2.32. The fourth-order valence-electron chi connectivity index (χ4n) is 2.21. The van der Waals surface area contributed by atoms with Crippen LogP contribution in [0.2, 0.25) is 0 Å². The molecule has 148 valence electrons. The van der Waals surface area contributed by atoms with Gasteiger partial charge in [-0.2, -0.15) is 0 Å². The van der Waals surface area contributed by atoms with Gasteiger partial charge >= 0.3 is 6.36 Å². The van der Waals surface area contributed by atoms with E-state index >= 15 is 0 Å². The number of ether oxygens (including phenoxy) is 2. The highest BCUT2D eigenvalue weighted by Crippen LogP contribution is 2.37. The Bertz CT molecular complexity index is 952. The first-order valence-electron chi connectivity index (χ1n) is 8.32. The number of halogens is 3. The molecule has 0 fully saturated rings. The number of para-hydroxylation sites is 2. The van der Waals surface area contributed by atoms with Gasteiger partial charge in [0.15, 0.2) is 16.6 Å². The van der Waals surface area contributed by atoms with Crippen LogP contribution in [0.25, 0.3) is 0 Å². The third kappa shape index (κ3) is 5.13. The number of benzene rings is 1. The van der Waals surface area contributed by atoms with E-state index in [1.807, 2.05) is 5.38 Å². The molecule has 0 aliphatic carbocycles. The van der Waals surface area contributed by atoms with Crippen LogP contribution in [0.15, 0.2) is 48.0 Å². The molecule has 0 atom stereocenters. The molecule has 3 aromatic rings. The monoisotopic (exact) mass is 409 g/mol. The molecular weight excluding hydrogens is 391 g/mol. The third-order valence-electron chi connectivity index (χ3n) is 3.57. The molecule has 3 rings (SSSR count). The van der Waals surface area contributed by atoms with Gasteiger partial charge in [-0.25, -0.2) is 9.97 Å². The summed E-state index contributed by atoms with van der Waals surface area (Å²) in [6, 6.07) is 8.91. The summed E-state index contributed by atoms with van der Waals surface area (Å²) in [6.07, 6.45) is -3.34. The average Bonchev–Trinajstić information content (AvgIpc) is 3.06. The fourth-order valence-corrected chi connectivity index (χ4v) is 3.16. The van der Waals surface area contributed by atoms with Crippen LogP contribution < -0.4 is 14.8 Å². The summed E-state index contributed by atoms with van der Waals surface area (Å²) in [7, 11) is 0. The minimum atomic E-state index is -4.82. The molecule has 0 radical (unpaired) electrons. The maximum atomic E-state index is 12.6. The highest BCUT2D eigenvalue weighted by molar-refractivity contribution is 7.13. The molecule has 0 saturated heterocycles. The van der Waals surface area contributed by atoms with Crippen LogP contribution in [0.4, 0.5) is 24.0 Å². The second kappa shape index (κ2) is 7.67. The van der Waals surface area contributed by atoms with Gasteiger partial charge in [0.1, 0.15) is 5.69 Å². The van der Waals surface area contributed by atoms with Crippen molar-refractivity contribution < 1.29 is 22.6 Å². The Morgan fingerprint density at radius 2 is 1.71 bits per heavy atom. The van der Waals surface area contributed by atoms with Crippen molar-refractivity contribution in [2.24, 2.45) is 0 Å². The van der Waals surface area contributed by atoms with Gasteiger partial charge < -0.3 is 14.8 Å². The van der Waals surface area contributed by atoms with E-state index in [-0.39, 0.29) is 17.0 Å². The number of nitrogens with zero attached hydrogens (tertiary/aromatic N) is 2. The van der Waals surface area contributed by atoms with Gasteiger partial charge in [-0.05, 0) is 24.3 Å². The van der Waals surface area contributed by atoms with Gasteiger partial charge in [0, 0.05) is 17.0 Å². The Kier molecular flexibility index (Phi) is 5.46. The smallest absolute Gasteiger partial charge is 0.433 e. The number of hydrogen-bond acceptors (Lipinski definition) is 6. The van der Waals surface area contributed by atoms with E-state index in [1.54, 1.807) is 18.2 Å².